The summed E-state index contributed by atoms with van der Waals surface area (Å²) >= 11 is 0. The van der Waals surface area contributed by atoms with E-state index in [1.807, 2.05) is 25.7 Å². The first-order valence-electron chi connectivity index (χ1n) is 9.73. The molecule has 1 fully saturated rings. The summed E-state index contributed by atoms with van der Waals surface area (Å²) in [6.45, 7) is 7.12. The zero-order valence-electron chi connectivity index (χ0n) is 17.4. The Labute approximate surface area is 169 Å². The molecule has 1 heterocycles. The Balaban J connectivity index is 2.08. The van der Waals surface area contributed by atoms with Crippen molar-refractivity contribution in [3.63, 3.8) is 0 Å². The van der Waals surface area contributed by atoms with Gasteiger partial charge in [-0.1, -0.05) is 0 Å². The highest BCUT2D eigenvalue weighted by molar-refractivity contribution is 5.95. The van der Waals surface area contributed by atoms with Gasteiger partial charge in [0, 0.05) is 18.6 Å². The summed E-state index contributed by atoms with van der Waals surface area (Å²) in [5.74, 6) is -0.634. The molecule has 1 atom stereocenters. The molecule has 1 unspecified atom stereocenters. The molecule has 1 aliphatic rings. The Morgan fingerprint density at radius 1 is 1.07 bits per heavy atom. The lowest BCUT2D eigenvalue weighted by Gasteiger charge is -2.24. The Morgan fingerprint density at radius 2 is 1.66 bits per heavy atom. The summed E-state index contributed by atoms with van der Waals surface area (Å²) in [6, 6.07) is 3.43. The van der Waals surface area contributed by atoms with Crippen molar-refractivity contribution in [3.8, 4) is 0 Å². The van der Waals surface area contributed by atoms with E-state index in [0.717, 1.165) is 38.1 Å². The highest BCUT2D eigenvalue weighted by Gasteiger charge is 2.32. The number of benzene rings is 1. The SMILES string of the molecule is C[NH+](CC(=O)Nc1cc(C(F)(F)F)ccc1N1CCCC1)CC(=O)NC(C)(C)C. The molecule has 0 saturated carbocycles. The highest BCUT2D eigenvalue weighted by atomic mass is 19.4. The molecule has 0 aromatic heterocycles. The standard InChI is InChI=1S/C20H29F3N4O2/c1-19(2,3)25-18(29)13-26(4)12-17(28)24-15-11-14(20(21,22)23)7-8-16(15)27-9-5-6-10-27/h7-8,11H,5-6,9-10,12-13H2,1-4H3,(H,24,28)(H,25,29)/p+1. The number of anilines is 2. The number of alkyl halides is 3. The van der Waals surface area contributed by atoms with Crippen LogP contribution in [0.5, 0.6) is 0 Å². The molecule has 1 saturated heterocycles. The quantitative estimate of drug-likeness (QED) is 0.662. The van der Waals surface area contributed by atoms with Crippen molar-refractivity contribution in [1.29, 1.82) is 0 Å². The van der Waals surface area contributed by atoms with Crippen LogP contribution in [-0.4, -0.2) is 50.6 Å². The van der Waals surface area contributed by atoms with Gasteiger partial charge >= 0.3 is 6.18 Å². The van der Waals surface area contributed by atoms with Crippen LogP contribution in [0.3, 0.4) is 0 Å². The average Bonchev–Trinajstić information content (AvgIpc) is 3.05. The van der Waals surface area contributed by atoms with Gasteiger partial charge in [-0.3, -0.25) is 9.59 Å². The van der Waals surface area contributed by atoms with Crippen LogP contribution in [0.4, 0.5) is 24.5 Å². The van der Waals surface area contributed by atoms with Crippen molar-refractivity contribution in [1.82, 2.24) is 5.32 Å². The van der Waals surface area contributed by atoms with Gasteiger partial charge in [0.25, 0.3) is 11.8 Å². The van der Waals surface area contributed by atoms with E-state index in [1.165, 1.54) is 6.07 Å². The predicted molar refractivity (Wildman–Crippen MR) is 106 cm³/mol. The van der Waals surface area contributed by atoms with Crippen LogP contribution in [0.15, 0.2) is 18.2 Å². The van der Waals surface area contributed by atoms with Gasteiger partial charge in [0.1, 0.15) is 0 Å². The van der Waals surface area contributed by atoms with Gasteiger partial charge in [0.15, 0.2) is 13.1 Å². The van der Waals surface area contributed by atoms with E-state index in [0.29, 0.717) is 10.6 Å². The zero-order valence-corrected chi connectivity index (χ0v) is 17.4. The van der Waals surface area contributed by atoms with Gasteiger partial charge in [-0.25, -0.2) is 0 Å². The summed E-state index contributed by atoms with van der Waals surface area (Å²) in [7, 11) is 1.69. The van der Waals surface area contributed by atoms with Crippen LogP contribution in [0, 0.1) is 0 Å². The Morgan fingerprint density at radius 3 is 2.21 bits per heavy atom. The number of halogens is 3. The zero-order chi connectivity index (χ0) is 21.8. The van der Waals surface area contributed by atoms with Crippen LogP contribution in [0.25, 0.3) is 0 Å². The summed E-state index contributed by atoms with van der Waals surface area (Å²) < 4.78 is 39.4. The third kappa shape index (κ3) is 7.23. The Hall–Kier alpha value is -2.29. The second kappa shape index (κ2) is 9.02. The van der Waals surface area contributed by atoms with E-state index in [9.17, 15) is 22.8 Å². The maximum atomic E-state index is 13.1. The number of carbonyl (C=O) groups is 2. The van der Waals surface area contributed by atoms with Gasteiger partial charge in [-0.05, 0) is 51.8 Å². The minimum atomic E-state index is -4.49. The third-order valence-electron chi connectivity index (χ3n) is 4.48. The predicted octanol–water partition coefficient (Wildman–Crippen LogP) is 1.67. The lowest BCUT2D eigenvalue weighted by atomic mass is 10.1. The molecule has 1 aromatic carbocycles. The molecule has 0 radical (unpaired) electrons. The molecule has 6 nitrogen and oxygen atoms in total. The average molecular weight is 415 g/mol. The van der Waals surface area contributed by atoms with Crippen molar-refractivity contribution in [2.75, 3.05) is 43.4 Å². The fourth-order valence-corrected chi connectivity index (χ4v) is 3.31. The van der Waals surface area contributed by atoms with Crippen molar-refractivity contribution in [3.05, 3.63) is 23.8 Å². The second-order valence-corrected chi connectivity index (χ2v) is 8.58. The van der Waals surface area contributed by atoms with E-state index in [1.54, 1.807) is 7.05 Å². The molecule has 0 aliphatic carbocycles. The minimum Gasteiger partial charge on any atom is -0.370 e. The van der Waals surface area contributed by atoms with Crippen LogP contribution in [-0.2, 0) is 15.8 Å². The Bertz CT molecular complexity index is 738. The van der Waals surface area contributed by atoms with E-state index in [2.05, 4.69) is 10.6 Å². The molecule has 0 bridgehead atoms. The molecule has 29 heavy (non-hydrogen) atoms. The number of amides is 2. The monoisotopic (exact) mass is 415 g/mol. The van der Waals surface area contributed by atoms with Gasteiger partial charge in [0.2, 0.25) is 0 Å². The summed E-state index contributed by atoms with van der Waals surface area (Å²) in [5.41, 5.74) is -0.436. The summed E-state index contributed by atoms with van der Waals surface area (Å²) in [6.07, 6.45) is -2.57. The van der Waals surface area contributed by atoms with E-state index in [4.69, 9.17) is 0 Å². The topological polar surface area (TPSA) is 65.9 Å². The fourth-order valence-electron chi connectivity index (χ4n) is 3.31. The first-order chi connectivity index (χ1) is 13.3. The molecule has 0 spiro atoms. The highest BCUT2D eigenvalue weighted by Crippen LogP contribution is 2.36. The molecule has 2 rings (SSSR count). The molecular weight excluding hydrogens is 385 g/mol. The van der Waals surface area contributed by atoms with Crippen LogP contribution < -0.4 is 20.4 Å². The van der Waals surface area contributed by atoms with Gasteiger partial charge in [-0.15, -0.1) is 0 Å². The molecule has 162 valence electrons. The third-order valence-corrected chi connectivity index (χ3v) is 4.48. The Kier molecular flexibility index (Phi) is 7.15. The number of hydrogen-bond donors (Lipinski definition) is 3. The summed E-state index contributed by atoms with van der Waals surface area (Å²) in [5, 5.41) is 5.44. The molecular formula is C20H30F3N4O2+. The number of nitrogens with one attached hydrogen (secondary N) is 3. The lowest BCUT2D eigenvalue weighted by Crippen LogP contribution is -3.11. The van der Waals surface area contributed by atoms with E-state index >= 15 is 0 Å². The number of nitrogens with zero attached hydrogens (tertiary/aromatic N) is 1. The molecule has 9 heteroatoms. The van der Waals surface area contributed by atoms with Crippen molar-refractivity contribution >= 4 is 23.2 Å². The fraction of sp³-hybridized carbons (Fsp3) is 0.600. The minimum absolute atomic E-state index is 0.0345. The smallest absolute Gasteiger partial charge is 0.370 e. The van der Waals surface area contributed by atoms with E-state index < -0.39 is 17.6 Å². The number of carbonyl (C=O) groups excluding carboxylic acids is 2. The number of likely N-dealkylation sites (N-methyl/N-ethyl adjacent to an activating group) is 1. The van der Waals surface area contributed by atoms with Crippen molar-refractivity contribution in [2.45, 2.75) is 45.3 Å². The van der Waals surface area contributed by atoms with Gasteiger partial charge in [0.05, 0.1) is 24.0 Å². The van der Waals surface area contributed by atoms with Crippen LogP contribution in [0.1, 0.15) is 39.2 Å². The molecule has 1 aromatic rings. The maximum absolute atomic E-state index is 13.1. The largest absolute Gasteiger partial charge is 0.416 e. The number of rotatable bonds is 6. The molecule has 2 amide bonds. The summed E-state index contributed by atoms with van der Waals surface area (Å²) in [4.78, 5) is 27.1. The first-order valence-corrected chi connectivity index (χ1v) is 9.73. The van der Waals surface area contributed by atoms with Crippen molar-refractivity contribution in [2.24, 2.45) is 0 Å². The van der Waals surface area contributed by atoms with Crippen molar-refractivity contribution < 1.29 is 27.7 Å². The normalized spacial score (nSPS) is 15.9. The number of quaternary nitrogens is 1. The van der Waals surface area contributed by atoms with Crippen LogP contribution in [0.2, 0.25) is 0 Å². The molecule has 1 aliphatic heterocycles. The van der Waals surface area contributed by atoms with Gasteiger partial charge < -0.3 is 20.4 Å². The molecule has 3 N–H and O–H groups in total. The first kappa shape index (κ1) is 23.0. The van der Waals surface area contributed by atoms with Crippen LogP contribution >= 0.6 is 0 Å². The van der Waals surface area contributed by atoms with E-state index in [-0.39, 0.29) is 30.2 Å². The number of hydrogen-bond acceptors (Lipinski definition) is 3. The van der Waals surface area contributed by atoms with Gasteiger partial charge in [-0.2, -0.15) is 13.2 Å². The lowest BCUT2D eigenvalue weighted by molar-refractivity contribution is -0.862. The second-order valence-electron chi connectivity index (χ2n) is 8.58. The maximum Gasteiger partial charge on any atom is 0.416 e.